The van der Waals surface area contributed by atoms with Crippen LogP contribution in [0.25, 0.3) is 0 Å². The summed E-state index contributed by atoms with van der Waals surface area (Å²) in [6.07, 6.45) is 9.07. The van der Waals surface area contributed by atoms with Crippen LogP contribution in [0.15, 0.2) is 36.4 Å². The monoisotopic (exact) mass is 312 g/mol. The lowest BCUT2D eigenvalue weighted by Crippen LogP contribution is -3.27. The molecule has 124 valence electrons. The number of hydrogen-bond donors (Lipinski definition) is 2. The first-order chi connectivity index (χ1) is 11.3. The molecule has 2 bridgehead atoms. The lowest BCUT2D eigenvalue weighted by molar-refractivity contribution is -1.02. The summed E-state index contributed by atoms with van der Waals surface area (Å²) in [5.74, 6) is 2.85. The van der Waals surface area contributed by atoms with Crippen molar-refractivity contribution in [2.45, 2.75) is 32.7 Å². The fourth-order valence-electron chi connectivity index (χ4n) is 5.02. The third kappa shape index (κ3) is 3.54. The van der Waals surface area contributed by atoms with Gasteiger partial charge < -0.3 is 9.80 Å². The summed E-state index contributed by atoms with van der Waals surface area (Å²) in [6.45, 7) is 10.3. The SMILES string of the molecule is CCc1ccc(C[NH+]2CC[NH+](C[C@@H]3C[C@H]4C=C[C@H]3C4)CC2)cc1. The molecular weight excluding hydrogens is 280 g/mol. The molecule has 0 amide bonds. The van der Waals surface area contributed by atoms with Crippen LogP contribution in [0.3, 0.4) is 0 Å². The van der Waals surface area contributed by atoms with Crippen molar-refractivity contribution in [3.8, 4) is 0 Å². The highest BCUT2D eigenvalue weighted by molar-refractivity contribution is 5.21. The molecule has 1 saturated heterocycles. The van der Waals surface area contributed by atoms with Crippen molar-refractivity contribution < 1.29 is 9.80 Å². The normalized spacial score (nSPS) is 35.8. The lowest BCUT2D eigenvalue weighted by Gasteiger charge is -2.32. The van der Waals surface area contributed by atoms with Crippen molar-refractivity contribution in [3.05, 3.63) is 47.5 Å². The number of aryl methyl sites for hydroxylation is 1. The van der Waals surface area contributed by atoms with Gasteiger partial charge in [-0.05, 0) is 36.7 Å². The van der Waals surface area contributed by atoms with Crippen molar-refractivity contribution in [3.63, 3.8) is 0 Å². The Morgan fingerprint density at radius 1 is 0.870 bits per heavy atom. The molecule has 4 rings (SSSR count). The number of quaternary nitrogens is 2. The van der Waals surface area contributed by atoms with Crippen LogP contribution in [-0.2, 0) is 13.0 Å². The molecule has 2 aliphatic carbocycles. The van der Waals surface area contributed by atoms with Crippen LogP contribution in [0, 0.1) is 17.8 Å². The second-order valence-electron chi connectivity index (χ2n) is 8.09. The maximum atomic E-state index is 2.51. The Labute approximate surface area is 141 Å². The minimum Gasteiger partial charge on any atom is -0.325 e. The summed E-state index contributed by atoms with van der Waals surface area (Å²) >= 11 is 0. The van der Waals surface area contributed by atoms with E-state index in [1.807, 2.05) is 4.90 Å². The van der Waals surface area contributed by atoms with E-state index in [2.05, 4.69) is 43.3 Å². The van der Waals surface area contributed by atoms with Crippen LogP contribution in [0.4, 0.5) is 0 Å². The fourth-order valence-corrected chi connectivity index (χ4v) is 5.02. The van der Waals surface area contributed by atoms with E-state index in [1.165, 1.54) is 63.2 Å². The van der Waals surface area contributed by atoms with Crippen molar-refractivity contribution >= 4 is 0 Å². The average molecular weight is 313 g/mol. The van der Waals surface area contributed by atoms with Crippen LogP contribution in [0.5, 0.6) is 0 Å². The van der Waals surface area contributed by atoms with Gasteiger partial charge in [-0.1, -0.05) is 43.3 Å². The minimum absolute atomic E-state index is 0.926. The Kier molecular flexibility index (Phi) is 4.54. The minimum atomic E-state index is 0.926. The fraction of sp³-hybridized carbons (Fsp3) is 0.619. The van der Waals surface area contributed by atoms with E-state index in [0.29, 0.717) is 0 Å². The highest BCUT2D eigenvalue weighted by atomic mass is 15.3. The van der Waals surface area contributed by atoms with Gasteiger partial charge in [-0.25, -0.2) is 0 Å². The first kappa shape index (κ1) is 15.4. The third-order valence-electron chi connectivity index (χ3n) is 6.52. The van der Waals surface area contributed by atoms with Crippen LogP contribution in [-0.4, -0.2) is 32.7 Å². The number of hydrogen-bond acceptors (Lipinski definition) is 0. The second kappa shape index (κ2) is 6.78. The van der Waals surface area contributed by atoms with Gasteiger partial charge in [0.25, 0.3) is 0 Å². The predicted molar refractivity (Wildman–Crippen MR) is 94.6 cm³/mol. The molecule has 0 unspecified atom stereocenters. The molecule has 0 radical (unpaired) electrons. The van der Waals surface area contributed by atoms with Crippen LogP contribution >= 0.6 is 0 Å². The molecule has 1 aromatic carbocycles. The Bertz CT molecular complexity index is 539. The van der Waals surface area contributed by atoms with E-state index >= 15 is 0 Å². The number of piperazine rings is 1. The van der Waals surface area contributed by atoms with Gasteiger partial charge in [0.2, 0.25) is 0 Å². The molecular formula is C21H32N2+2. The topological polar surface area (TPSA) is 8.88 Å². The maximum Gasteiger partial charge on any atom is 0.127 e. The van der Waals surface area contributed by atoms with Crippen molar-refractivity contribution in [2.24, 2.45) is 17.8 Å². The smallest absolute Gasteiger partial charge is 0.127 e. The number of allylic oxidation sites excluding steroid dienone is 2. The van der Waals surface area contributed by atoms with E-state index < -0.39 is 0 Å². The molecule has 0 aromatic heterocycles. The van der Waals surface area contributed by atoms with E-state index in [1.54, 1.807) is 4.90 Å². The number of rotatable bonds is 5. The first-order valence-corrected chi connectivity index (χ1v) is 9.73. The summed E-state index contributed by atoms with van der Waals surface area (Å²) in [4.78, 5) is 3.66. The lowest BCUT2D eigenvalue weighted by atomic mass is 9.93. The van der Waals surface area contributed by atoms with Gasteiger partial charge in [0.15, 0.2) is 0 Å². The van der Waals surface area contributed by atoms with Gasteiger partial charge in [-0.15, -0.1) is 0 Å². The van der Waals surface area contributed by atoms with Crippen molar-refractivity contribution in [1.29, 1.82) is 0 Å². The molecule has 3 atom stereocenters. The molecule has 1 heterocycles. The van der Waals surface area contributed by atoms with Crippen molar-refractivity contribution in [1.82, 2.24) is 0 Å². The summed E-state index contributed by atoms with van der Waals surface area (Å²) in [7, 11) is 0. The van der Waals surface area contributed by atoms with E-state index in [-0.39, 0.29) is 0 Å². The van der Waals surface area contributed by atoms with Crippen LogP contribution < -0.4 is 9.80 Å². The standard InChI is InChI=1S/C21H30N2/c1-2-17-3-5-18(6-4-17)15-22-9-11-23(12-10-22)16-21-14-19-7-8-20(21)13-19/h3-8,19-21H,2,9-16H2,1H3/p+2/t19-,20-,21-/m0/s1. The third-order valence-corrected chi connectivity index (χ3v) is 6.52. The molecule has 2 N–H and O–H groups in total. The van der Waals surface area contributed by atoms with Gasteiger partial charge in [0.05, 0.1) is 6.54 Å². The predicted octanol–water partition coefficient (Wildman–Crippen LogP) is 0.745. The van der Waals surface area contributed by atoms with Crippen molar-refractivity contribution in [2.75, 3.05) is 32.7 Å². The summed E-state index contributed by atoms with van der Waals surface area (Å²) in [5.41, 5.74) is 2.97. The zero-order chi connectivity index (χ0) is 15.6. The molecule has 0 spiro atoms. The number of nitrogens with one attached hydrogen (secondary N) is 2. The molecule has 2 heteroatoms. The number of fused-ring (bicyclic) bond motifs is 2. The maximum absolute atomic E-state index is 2.51. The quantitative estimate of drug-likeness (QED) is 0.743. The highest BCUT2D eigenvalue weighted by Crippen LogP contribution is 2.42. The molecule has 2 nitrogen and oxygen atoms in total. The molecule has 1 saturated carbocycles. The first-order valence-electron chi connectivity index (χ1n) is 9.73. The summed E-state index contributed by atoms with van der Waals surface area (Å²) in [5, 5.41) is 0. The van der Waals surface area contributed by atoms with Gasteiger partial charge in [0, 0.05) is 11.5 Å². The summed E-state index contributed by atoms with van der Waals surface area (Å²) in [6, 6.07) is 9.29. The second-order valence-corrected chi connectivity index (χ2v) is 8.09. The zero-order valence-corrected chi connectivity index (χ0v) is 14.6. The molecule has 23 heavy (non-hydrogen) atoms. The van der Waals surface area contributed by atoms with Gasteiger partial charge in [-0.2, -0.15) is 0 Å². The Balaban J connectivity index is 1.23. The molecule has 1 aromatic rings. The molecule has 2 fully saturated rings. The summed E-state index contributed by atoms with van der Waals surface area (Å²) < 4.78 is 0. The van der Waals surface area contributed by atoms with Gasteiger partial charge >= 0.3 is 0 Å². The Morgan fingerprint density at radius 3 is 2.17 bits per heavy atom. The van der Waals surface area contributed by atoms with Crippen LogP contribution in [0.2, 0.25) is 0 Å². The Morgan fingerprint density at radius 2 is 1.57 bits per heavy atom. The molecule has 3 aliphatic rings. The largest absolute Gasteiger partial charge is 0.325 e. The highest BCUT2D eigenvalue weighted by Gasteiger charge is 2.38. The van der Waals surface area contributed by atoms with E-state index in [9.17, 15) is 0 Å². The van der Waals surface area contributed by atoms with Gasteiger partial charge in [0.1, 0.15) is 32.7 Å². The Hall–Kier alpha value is -1.12. The van der Waals surface area contributed by atoms with Gasteiger partial charge in [-0.3, -0.25) is 0 Å². The van der Waals surface area contributed by atoms with E-state index in [0.717, 1.165) is 24.2 Å². The van der Waals surface area contributed by atoms with Crippen LogP contribution in [0.1, 0.15) is 30.9 Å². The van der Waals surface area contributed by atoms with E-state index in [4.69, 9.17) is 0 Å². The number of benzene rings is 1. The average Bonchev–Trinajstić information content (AvgIpc) is 3.20. The zero-order valence-electron chi connectivity index (χ0n) is 14.6. The molecule has 1 aliphatic heterocycles.